The van der Waals surface area contributed by atoms with Crippen molar-refractivity contribution in [2.45, 2.75) is 17.2 Å². The van der Waals surface area contributed by atoms with Crippen molar-refractivity contribution in [1.82, 2.24) is 10.3 Å². The molecule has 0 spiro atoms. The number of carbonyl (C=O) groups excluding carboxylic acids is 1. The summed E-state index contributed by atoms with van der Waals surface area (Å²) in [5.41, 5.74) is 1.07. The van der Waals surface area contributed by atoms with Crippen LogP contribution in [0.5, 0.6) is 0 Å². The van der Waals surface area contributed by atoms with Gasteiger partial charge in [-0.05, 0) is 36.1 Å². The number of thiophene rings is 1. The third-order valence-corrected chi connectivity index (χ3v) is 4.56. The van der Waals surface area contributed by atoms with Crippen LogP contribution in [0, 0.1) is 0 Å². The van der Waals surface area contributed by atoms with E-state index < -0.39 is 0 Å². The fourth-order valence-electron chi connectivity index (χ4n) is 1.50. The molecule has 0 saturated carbocycles. The van der Waals surface area contributed by atoms with Gasteiger partial charge in [-0.2, -0.15) is 0 Å². The highest BCUT2D eigenvalue weighted by atomic mass is 32.2. The molecule has 3 nitrogen and oxygen atoms in total. The molecule has 0 bridgehead atoms. The molecule has 18 heavy (non-hydrogen) atoms. The van der Waals surface area contributed by atoms with Gasteiger partial charge in [-0.3, -0.25) is 9.78 Å². The number of amides is 1. The van der Waals surface area contributed by atoms with E-state index in [1.54, 1.807) is 35.5 Å². The van der Waals surface area contributed by atoms with E-state index in [2.05, 4.69) is 10.3 Å². The van der Waals surface area contributed by atoms with Gasteiger partial charge in [0.2, 0.25) is 5.91 Å². The lowest BCUT2D eigenvalue weighted by Gasteiger charge is -2.13. The Morgan fingerprint density at radius 1 is 1.44 bits per heavy atom. The number of nitrogens with one attached hydrogen (secondary N) is 1. The lowest BCUT2D eigenvalue weighted by Crippen LogP contribution is -2.28. The highest BCUT2D eigenvalue weighted by Crippen LogP contribution is 2.23. The van der Waals surface area contributed by atoms with Crippen molar-refractivity contribution in [3.8, 4) is 0 Å². The topological polar surface area (TPSA) is 42.0 Å². The van der Waals surface area contributed by atoms with Crippen LogP contribution in [0.1, 0.15) is 18.5 Å². The number of rotatable bonds is 5. The maximum atomic E-state index is 11.8. The number of nitrogens with zero attached hydrogens (tertiary/aromatic N) is 1. The van der Waals surface area contributed by atoms with Crippen LogP contribution in [-0.4, -0.2) is 16.6 Å². The molecule has 0 aliphatic heterocycles. The van der Waals surface area contributed by atoms with E-state index in [-0.39, 0.29) is 11.9 Å². The molecule has 0 aromatic carbocycles. The van der Waals surface area contributed by atoms with Gasteiger partial charge in [-0.25, -0.2) is 0 Å². The Morgan fingerprint density at radius 2 is 2.22 bits per heavy atom. The first-order valence-electron chi connectivity index (χ1n) is 5.61. The van der Waals surface area contributed by atoms with Gasteiger partial charge in [0.25, 0.3) is 0 Å². The van der Waals surface area contributed by atoms with Crippen LogP contribution in [0.15, 0.2) is 46.2 Å². The highest BCUT2D eigenvalue weighted by molar-refractivity contribution is 8.01. The monoisotopic (exact) mass is 278 g/mol. The summed E-state index contributed by atoms with van der Waals surface area (Å²) in [7, 11) is 0. The second-order valence-corrected chi connectivity index (χ2v) is 6.01. The zero-order chi connectivity index (χ0) is 12.8. The molecule has 0 aliphatic carbocycles. The lowest BCUT2D eigenvalue weighted by atomic mass is 10.1. The summed E-state index contributed by atoms with van der Waals surface area (Å²) >= 11 is 3.22. The zero-order valence-electron chi connectivity index (χ0n) is 10.00. The standard InChI is InChI=1S/C13H14N2OS2/c1-10(11-4-6-14-7-5-11)15-12(16)9-18-13-3-2-8-17-13/h2-8,10H,9H2,1H3,(H,15,16)/t10-/m0/s1. The summed E-state index contributed by atoms with van der Waals surface area (Å²) in [6.07, 6.45) is 3.47. The second-order valence-electron chi connectivity index (χ2n) is 3.79. The largest absolute Gasteiger partial charge is 0.349 e. The van der Waals surface area contributed by atoms with Gasteiger partial charge in [-0.15, -0.1) is 23.1 Å². The summed E-state index contributed by atoms with van der Waals surface area (Å²) in [5, 5.41) is 4.99. The molecule has 1 N–H and O–H groups in total. The van der Waals surface area contributed by atoms with Crippen LogP contribution in [0.3, 0.4) is 0 Å². The van der Waals surface area contributed by atoms with E-state index in [1.165, 1.54) is 4.21 Å². The van der Waals surface area contributed by atoms with E-state index in [9.17, 15) is 4.79 Å². The van der Waals surface area contributed by atoms with Gasteiger partial charge in [-0.1, -0.05) is 6.07 Å². The van der Waals surface area contributed by atoms with Gasteiger partial charge >= 0.3 is 0 Å². The van der Waals surface area contributed by atoms with Crippen LogP contribution >= 0.6 is 23.1 Å². The van der Waals surface area contributed by atoms with E-state index in [0.29, 0.717) is 5.75 Å². The van der Waals surface area contributed by atoms with E-state index in [1.807, 2.05) is 36.6 Å². The molecule has 0 aliphatic rings. The first-order chi connectivity index (χ1) is 8.75. The maximum Gasteiger partial charge on any atom is 0.230 e. The number of thioether (sulfide) groups is 1. The van der Waals surface area contributed by atoms with Crippen LogP contribution in [0.2, 0.25) is 0 Å². The minimum atomic E-state index is 0.0180. The average Bonchev–Trinajstić information content (AvgIpc) is 2.90. The average molecular weight is 278 g/mol. The number of hydrogen-bond donors (Lipinski definition) is 1. The zero-order valence-corrected chi connectivity index (χ0v) is 11.6. The molecule has 1 amide bonds. The van der Waals surface area contributed by atoms with Gasteiger partial charge in [0, 0.05) is 12.4 Å². The van der Waals surface area contributed by atoms with Crippen LogP contribution in [0.4, 0.5) is 0 Å². The number of pyridine rings is 1. The Hall–Kier alpha value is -1.33. The lowest BCUT2D eigenvalue weighted by molar-refractivity contribution is -0.119. The summed E-state index contributed by atoms with van der Waals surface area (Å²) in [6, 6.07) is 7.86. The molecule has 1 atom stereocenters. The number of aromatic nitrogens is 1. The SMILES string of the molecule is C[C@H](NC(=O)CSc1cccs1)c1ccncc1. The van der Waals surface area contributed by atoms with Crippen LogP contribution in [-0.2, 0) is 4.79 Å². The van der Waals surface area contributed by atoms with Gasteiger partial charge in [0.05, 0.1) is 16.0 Å². The van der Waals surface area contributed by atoms with Gasteiger partial charge in [0.15, 0.2) is 0 Å². The van der Waals surface area contributed by atoms with Gasteiger partial charge in [0.1, 0.15) is 0 Å². The molecule has 0 unspecified atom stereocenters. The summed E-state index contributed by atoms with van der Waals surface area (Å²) in [6.45, 7) is 1.98. The van der Waals surface area contributed by atoms with E-state index in [4.69, 9.17) is 0 Å². The molecule has 2 heterocycles. The minimum Gasteiger partial charge on any atom is -0.349 e. The van der Waals surface area contributed by atoms with Crippen molar-refractivity contribution in [3.05, 3.63) is 47.6 Å². The maximum absolute atomic E-state index is 11.8. The number of hydrogen-bond acceptors (Lipinski definition) is 4. The molecule has 2 aromatic rings. The van der Waals surface area contributed by atoms with Gasteiger partial charge < -0.3 is 5.32 Å². The molecular weight excluding hydrogens is 264 g/mol. The van der Waals surface area contributed by atoms with Crippen LogP contribution in [0.25, 0.3) is 0 Å². The first-order valence-corrected chi connectivity index (χ1v) is 7.48. The summed E-state index contributed by atoms with van der Waals surface area (Å²) in [5.74, 6) is 0.508. The Balaban J connectivity index is 1.80. The Kier molecular flexibility index (Phi) is 4.78. The molecule has 5 heteroatoms. The predicted molar refractivity (Wildman–Crippen MR) is 75.8 cm³/mol. The molecule has 0 fully saturated rings. The van der Waals surface area contributed by atoms with Crippen molar-refractivity contribution in [3.63, 3.8) is 0 Å². The third-order valence-electron chi connectivity index (χ3n) is 2.42. The molecule has 0 saturated heterocycles. The number of carbonyl (C=O) groups is 1. The Bertz CT molecular complexity index is 485. The van der Waals surface area contributed by atoms with E-state index in [0.717, 1.165) is 5.56 Å². The first kappa shape index (κ1) is 13.1. The fraction of sp³-hybridized carbons (Fsp3) is 0.231. The molecule has 2 rings (SSSR count). The molecule has 0 radical (unpaired) electrons. The second kappa shape index (κ2) is 6.56. The van der Waals surface area contributed by atoms with Crippen molar-refractivity contribution >= 4 is 29.0 Å². The summed E-state index contributed by atoms with van der Waals surface area (Å²) < 4.78 is 1.17. The Morgan fingerprint density at radius 3 is 2.89 bits per heavy atom. The van der Waals surface area contributed by atoms with Crippen molar-refractivity contribution < 1.29 is 4.79 Å². The van der Waals surface area contributed by atoms with Crippen molar-refractivity contribution in [1.29, 1.82) is 0 Å². The Labute approximate surface area is 115 Å². The molecule has 94 valence electrons. The normalized spacial score (nSPS) is 12.1. The molecule has 2 aromatic heterocycles. The predicted octanol–water partition coefficient (Wildman–Crippen LogP) is 3.11. The highest BCUT2D eigenvalue weighted by Gasteiger charge is 2.09. The van der Waals surface area contributed by atoms with Crippen LogP contribution < -0.4 is 5.32 Å². The minimum absolute atomic E-state index is 0.0180. The molecular formula is C13H14N2OS2. The summed E-state index contributed by atoms with van der Waals surface area (Å²) in [4.78, 5) is 15.7. The smallest absolute Gasteiger partial charge is 0.230 e. The quantitative estimate of drug-likeness (QED) is 0.854. The third kappa shape index (κ3) is 3.85. The van der Waals surface area contributed by atoms with Crippen molar-refractivity contribution in [2.24, 2.45) is 0 Å². The fourth-order valence-corrected chi connectivity index (χ4v) is 3.10. The van der Waals surface area contributed by atoms with Crippen molar-refractivity contribution in [2.75, 3.05) is 5.75 Å². The van der Waals surface area contributed by atoms with E-state index >= 15 is 0 Å².